The molecule has 1 unspecified atom stereocenters. The van der Waals surface area contributed by atoms with Crippen molar-refractivity contribution < 1.29 is 19.4 Å². The molecule has 0 bridgehead atoms. The van der Waals surface area contributed by atoms with Crippen molar-refractivity contribution in [3.8, 4) is 11.5 Å². The van der Waals surface area contributed by atoms with E-state index in [9.17, 15) is 4.79 Å². The summed E-state index contributed by atoms with van der Waals surface area (Å²) in [5, 5.41) is 9.16. The Bertz CT molecular complexity index is 568. The molecule has 0 spiro atoms. The molecular formula is C17H23NO4. The molecule has 1 saturated carbocycles. The molecule has 1 saturated heterocycles. The first-order valence-corrected chi connectivity index (χ1v) is 7.78. The van der Waals surface area contributed by atoms with Gasteiger partial charge < -0.3 is 19.5 Å². The number of carboxylic acids is 1. The van der Waals surface area contributed by atoms with Gasteiger partial charge in [0.1, 0.15) is 6.10 Å². The summed E-state index contributed by atoms with van der Waals surface area (Å²) in [6.45, 7) is 1.95. The van der Waals surface area contributed by atoms with Crippen molar-refractivity contribution in [1.82, 2.24) is 4.90 Å². The highest BCUT2D eigenvalue weighted by atomic mass is 16.5. The van der Waals surface area contributed by atoms with E-state index in [1.807, 2.05) is 18.2 Å². The molecule has 0 aromatic heterocycles. The Kier molecular flexibility index (Phi) is 4.00. The zero-order chi connectivity index (χ0) is 15.7. The van der Waals surface area contributed by atoms with Gasteiger partial charge in [-0.2, -0.15) is 0 Å². The van der Waals surface area contributed by atoms with E-state index in [0.717, 1.165) is 43.7 Å². The minimum atomic E-state index is -0.761. The maximum Gasteiger partial charge on any atom is 0.304 e. The molecule has 0 amide bonds. The average Bonchev–Trinajstić information content (AvgIpc) is 3.13. The molecule has 1 N–H and O–H groups in total. The van der Waals surface area contributed by atoms with Crippen LogP contribution in [0.25, 0.3) is 0 Å². The Morgan fingerprint density at radius 2 is 2.23 bits per heavy atom. The summed E-state index contributed by atoms with van der Waals surface area (Å²) in [4.78, 5) is 13.4. The Morgan fingerprint density at radius 1 is 1.45 bits per heavy atom. The fourth-order valence-electron chi connectivity index (χ4n) is 3.39. The van der Waals surface area contributed by atoms with E-state index in [1.165, 1.54) is 0 Å². The number of aliphatic carboxylic acids is 1. The van der Waals surface area contributed by atoms with E-state index in [0.29, 0.717) is 5.75 Å². The van der Waals surface area contributed by atoms with Crippen LogP contribution in [0.15, 0.2) is 18.2 Å². The van der Waals surface area contributed by atoms with Crippen molar-refractivity contribution in [3.05, 3.63) is 23.8 Å². The Balaban J connectivity index is 1.86. The molecule has 3 rings (SSSR count). The number of ether oxygens (including phenoxy) is 2. The first-order valence-electron chi connectivity index (χ1n) is 7.78. The van der Waals surface area contributed by atoms with Gasteiger partial charge in [0, 0.05) is 24.1 Å². The normalized spacial score (nSPS) is 23.3. The molecule has 1 aliphatic heterocycles. The van der Waals surface area contributed by atoms with Crippen LogP contribution in [-0.2, 0) is 10.2 Å². The van der Waals surface area contributed by atoms with E-state index in [-0.39, 0.29) is 17.9 Å². The molecule has 5 heteroatoms. The largest absolute Gasteiger partial charge is 0.493 e. The highest BCUT2D eigenvalue weighted by Crippen LogP contribution is 2.55. The monoisotopic (exact) mass is 305 g/mol. The fraction of sp³-hybridized carbons (Fsp3) is 0.588. The second kappa shape index (κ2) is 5.80. The van der Waals surface area contributed by atoms with Crippen molar-refractivity contribution >= 4 is 5.97 Å². The summed E-state index contributed by atoms with van der Waals surface area (Å²) in [7, 11) is 3.71. The lowest BCUT2D eigenvalue weighted by atomic mass is 9.91. The number of para-hydroxylation sites is 1. The minimum Gasteiger partial charge on any atom is -0.493 e. The van der Waals surface area contributed by atoms with Crippen molar-refractivity contribution in [1.29, 1.82) is 0 Å². The molecule has 22 heavy (non-hydrogen) atoms. The summed E-state index contributed by atoms with van der Waals surface area (Å²) in [6.07, 6.45) is 3.11. The third kappa shape index (κ3) is 2.90. The van der Waals surface area contributed by atoms with Crippen LogP contribution in [0.4, 0.5) is 0 Å². The first-order chi connectivity index (χ1) is 10.5. The van der Waals surface area contributed by atoms with Gasteiger partial charge in [-0.3, -0.25) is 4.79 Å². The third-order valence-corrected chi connectivity index (χ3v) is 4.74. The van der Waals surface area contributed by atoms with Crippen molar-refractivity contribution in [3.63, 3.8) is 0 Å². The van der Waals surface area contributed by atoms with Crippen molar-refractivity contribution in [2.75, 3.05) is 27.2 Å². The van der Waals surface area contributed by atoms with E-state index < -0.39 is 5.97 Å². The summed E-state index contributed by atoms with van der Waals surface area (Å²) in [6, 6.07) is 5.83. The minimum absolute atomic E-state index is 0.152. The van der Waals surface area contributed by atoms with Crippen LogP contribution in [0.2, 0.25) is 0 Å². The van der Waals surface area contributed by atoms with Crippen molar-refractivity contribution in [2.45, 2.75) is 37.2 Å². The predicted octanol–water partition coefficient (Wildman–Crippen LogP) is 2.28. The number of hydrogen-bond donors (Lipinski definition) is 1. The highest BCUT2D eigenvalue weighted by molar-refractivity contribution is 5.71. The second-order valence-corrected chi connectivity index (χ2v) is 6.48. The molecule has 1 atom stereocenters. The SMILES string of the molecule is COc1c(OC2CCN(C)C2)cccc1C1(CC(=O)O)CC1. The van der Waals surface area contributed by atoms with E-state index in [4.69, 9.17) is 14.6 Å². The fourth-order valence-corrected chi connectivity index (χ4v) is 3.39. The number of likely N-dealkylation sites (tertiary alicyclic amines) is 1. The lowest BCUT2D eigenvalue weighted by Crippen LogP contribution is -2.22. The number of rotatable bonds is 6. The van der Waals surface area contributed by atoms with E-state index in [2.05, 4.69) is 11.9 Å². The Morgan fingerprint density at radius 3 is 2.77 bits per heavy atom. The molecule has 2 aliphatic rings. The summed E-state index contributed by atoms with van der Waals surface area (Å²) >= 11 is 0. The van der Waals surface area contributed by atoms with Gasteiger partial charge in [0.2, 0.25) is 0 Å². The Labute approximate surface area is 130 Å². The topological polar surface area (TPSA) is 59.0 Å². The van der Waals surface area contributed by atoms with Crippen molar-refractivity contribution in [2.24, 2.45) is 0 Å². The van der Waals surface area contributed by atoms with Crippen LogP contribution in [0.1, 0.15) is 31.2 Å². The number of methoxy groups -OCH3 is 1. The van der Waals surface area contributed by atoms with Gasteiger partial charge in [-0.05, 0) is 32.4 Å². The maximum atomic E-state index is 11.2. The number of carbonyl (C=O) groups is 1. The van der Waals surface area contributed by atoms with Crippen LogP contribution in [0.3, 0.4) is 0 Å². The standard InChI is InChI=1S/C17H23NO4/c1-18-9-6-12(11-18)22-14-5-3-4-13(16(14)21-2)17(7-8-17)10-15(19)20/h3-5,12H,6-11H2,1-2H3,(H,19,20). The van der Waals surface area contributed by atoms with Gasteiger partial charge in [-0.25, -0.2) is 0 Å². The molecule has 0 radical (unpaired) electrons. The Hall–Kier alpha value is -1.75. The highest BCUT2D eigenvalue weighted by Gasteiger charge is 2.48. The lowest BCUT2D eigenvalue weighted by Gasteiger charge is -2.22. The second-order valence-electron chi connectivity index (χ2n) is 6.48. The van der Waals surface area contributed by atoms with Gasteiger partial charge in [0.15, 0.2) is 11.5 Å². The summed E-state index contributed by atoms with van der Waals surface area (Å²) in [5.41, 5.74) is 0.699. The molecule has 1 aliphatic carbocycles. The number of carboxylic acid groups (broad SMARTS) is 1. The number of benzene rings is 1. The number of nitrogens with zero attached hydrogens (tertiary/aromatic N) is 1. The molecule has 120 valence electrons. The predicted molar refractivity (Wildman–Crippen MR) is 82.7 cm³/mol. The average molecular weight is 305 g/mol. The smallest absolute Gasteiger partial charge is 0.304 e. The molecular weight excluding hydrogens is 282 g/mol. The zero-order valence-corrected chi connectivity index (χ0v) is 13.2. The number of hydrogen-bond acceptors (Lipinski definition) is 4. The number of likely N-dealkylation sites (N-methyl/N-ethyl adjacent to an activating group) is 1. The van der Waals surface area contributed by atoms with Crippen LogP contribution in [-0.4, -0.2) is 49.3 Å². The molecule has 1 heterocycles. The molecule has 5 nitrogen and oxygen atoms in total. The maximum absolute atomic E-state index is 11.2. The third-order valence-electron chi connectivity index (χ3n) is 4.74. The van der Waals surface area contributed by atoms with Gasteiger partial charge in [-0.1, -0.05) is 12.1 Å². The first kappa shape index (κ1) is 15.2. The van der Waals surface area contributed by atoms with Crippen LogP contribution >= 0.6 is 0 Å². The summed E-state index contributed by atoms with van der Waals surface area (Å²) < 4.78 is 11.7. The van der Waals surface area contributed by atoms with Crippen LogP contribution in [0, 0.1) is 0 Å². The van der Waals surface area contributed by atoms with Gasteiger partial charge in [0.05, 0.1) is 13.5 Å². The van der Waals surface area contributed by atoms with Crippen LogP contribution in [0.5, 0.6) is 11.5 Å². The van der Waals surface area contributed by atoms with Gasteiger partial charge >= 0.3 is 5.97 Å². The van der Waals surface area contributed by atoms with Gasteiger partial charge in [-0.15, -0.1) is 0 Å². The van der Waals surface area contributed by atoms with Crippen LogP contribution < -0.4 is 9.47 Å². The van der Waals surface area contributed by atoms with E-state index >= 15 is 0 Å². The van der Waals surface area contributed by atoms with Gasteiger partial charge in [0.25, 0.3) is 0 Å². The lowest BCUT2D eigenvalue weighted by molar-refractivity contribution is -0.137. The zero-order valence-electron chi connectivity index (χ0n) is 13.2. The quantitative estimate of drug-likeness (QED) is 0.874. The molecule has 1 aromatic rings. The summed E-state index contributed by atoms with van der Waals surface area (Å²) in [5.74, 6) is 0.677. The molecule has 2 fully saturated rings. The van der Waals surface area contributed by atoms with E-state index in [1.54, 1.807) is 7.11 Å². The molecule has 1 aromatic carbocycles.